The van der Waals surface area contributed by atoms with Crippen molar-refractivity contribution in [3.63, 3.8) is 0 Å². The number of pyridine rings is 1. The maximum Gasteiger partial charge on any atom is 0.223 e. The zero-order valence-corrected chi connectivity index (χ0v) is 18.4. The molecule has 3 aromatic rings. The molecule has 3 rings (SSSR count). The predicted molar refractivity (Wildman–Crippen MR) is 129 cm³/mol. The van der Waals surface area contributed by atoms with Gasteiger partial charge in [-0.1, -0.05) is 95.5 Å². The third-order valence-electron chi connectivity index (χ3n) is 4.03. The van der Waals surface area contributed by atoms with E-state index in [1.165, 1.54) is 0 Å². The maximum atomic E-state index is 6.12. The Morgan fingerprint density at radius 3 is 2.55 bits per heavy atom. The average Bonchev–Trinajstić information content (AvgIpc) is 2.70. The number of anilines is 1. The smallest absolute Gasteiger partial charge is 0.223 e. The van der Waals surface area contributed by atoms with E-state index in [1.807, 2.05) is 72.8 Å². The fraction of sp³-hybridized carbons (Fsp3) is 0.143. The largest absolute Gasteiger partial charge is 0.343 e. The number of hydrogen-bond donors (Lipinski definition) is 3. The first-order valence-corrected chi connectivity index (χ1v) is 10.4. The lowest BCUT2D eigenvalue weighted by atomic mass is 10.2. The number of benzene rings is 2. The summed E-state index contributed by atoms with van der Waals surface area (Å²) in [4.78, 5) is 4.40. The number of fused-ring (bicyclic) bond motifs is 1. The Morgan fingerprint density at radius 2 is 1.79 bits per heavy atom. The molecule has 0 aliphatic heterocycles. The molecule has 1 unspecified atom stereocenters. The zero-order valence-electron chi connectivity index (χ0n) is 15.3. The molecule has 0 aliphatic carbocycles. The van der Waals surface area contributed by atoms with Crippen molar-refractivity contribution in [3.05, 3.63) is 78.5 Å². The van der Waals surface area contributed by atoms with Gasteiger partial charge in [-0.15, -0.1) is 0 Å². The van der Waals surface area contributed by atoms with Crippen LogP contribution in [-0.4, -0.2) is 26.6 Å². The molecule has 150 valence electrons. The Labute approximate surface area is 190 Å². The molecule has 0 saturated heterocycles. The van der Waals surface area contributed by atoms with Gasteiger partial charge in [0.1, 0.15) is 6.17 Å². The normalized spacial score (nSPS) is 12.8. The van der Waals surface area contributed by atoms with Crippen LogP contribution in [0.25, 0.3) is 17.0 Å². The van der Waals surface area contributed by atoms with Gasteiger partial charge in [0.25, 0.3) is 0 Å². The third-order valence-corrected chi connectivity index (χ3v) is 4.91. The molecule has 8 heteroatoms. The molecule has 29 heavy (non-hydrogen) atoms. The summed E-state index contributed by atoms with van der Waals surface area (Å²) in [5.41, 5.74) is 2.67. The third kappa shape index (κ3) is 6.56. The van der Waals surface area contributed by atoms with Gasteiger partial charge in [0, 0.05) is 18.1 Å². The Bertz CT molecular complexity index is 985. The molecule has 0 fully saturated rings. The summed E-state index contributed by atoms with van der Waals surface area (Å²) in [5, 5.41) is 10.6. The molecule has 1 atom stereocenters. The number of nitrogens with zero attached hydrogens (tertiary/aromatic N) is 1. The van der Waals surface area contributed by atoms with Crippen LogP contribution in [0.15, 0.2) is 72.9 Å². The molecule has 1 heterocycles. The minimum absolute atomic E-state index is 0.319. The number of hydrogen-bond acceptors (Lipinski definition) is 3. The highest BCUT2D eigenvalue weighted by molar-refractivity contribution is 7.80. The summed E-state index contributed by atoms with van der Waals surface area (Å²) in [6, 6.07) is 19.6. The van der Waals surface area contributed by atoms with Crippen LogP contribution in [0.5, 0.6) is 0 Å². The Kier molecular flexibility index (Phi) is 7.70. The highest BCUT2D eigenvalue weighted by Crippen LogP contribution is 2.29. The van der Waals surface area contributed by atoms with Gasteiger partial charge < -0.3 is 10.6 Å². The van der Waals surface area contributed by atoms with Crippen molar-refractivity contribution < 1.29 is 0 Å². The first-order valence-electron chi connectivity index (χ1n) is 8.86. The molecule has 0 bridgehead atoms. The quantitative estimate of drug-likeness (QED) is 0.254. The van der Waals surface area contributed by atoms with Gasteiger partial charge in [0.05, 0.1) is 11.2 Å². The van der Waals surface area contributed by atoms with Crippen LogP contribution in [0.1, 0.15) is 5.56 Å². The fourth-order valence-electron chi connectivity index (χ4n) is 2.69. The number of aromatic nitrogens is 1. The molecule has 0 radical (unpaired) electrons. The predicted octanol–water partition coefficient (Wildman–Crippen LogP) is 5.52. The molecule has 2 aromatic carbocycles. The lowest BCUT2D eigenvalue weighted by molar-refractivity contribution is 0.521. The van der Waals surface area contributed by atoms with Crippen LogP contribution >= 0.6 is 47.0 Å². The van der Waals surface area contributed by atoms with Crippen molar-refractivity contribution in [2.75, 3.05) is 11.9 Å². The van der Waals surface area contributed by atoms with E-state index >= 15 is 0 Å². The highest BCUT2D eigenvalue weighted by atomic mass is 35.6. The minimum Gasteiger partial charge on any atom is -0.343 e. The Hall–Kier alpha value is -1.89. The molecule has 0 amide bonds. The van der Waals surface area contributed by atoms with E-state index in [-0.39, 0.29) is 0 Å². The van der Waals surface area contributed by atoms with Gasteiger partial charge in [-0.25, -0.2) is 0 Å². The van der Waals surface area contributed by atoms with E-state index < -0.39 is 9.96 Å². The summed E-state index contributed by atoms with van der Waals surface area (Å²) >= 11 is 23.8. The van der Waals surface area contributed by atoms with Crippen LogP contribution in [-0.2, 0) is 0 Å². The van der Waals surface area contributed by atoms with Crippen LogP contribution in [0.2, 0.25) is 0 Å². The van der Waals surface area contributed by atoms with Crippen molar-refractivity contribution >= 4 is 74.8 Å². The van der Waals surface area contributed by atoms with Gasteiger partial charge in [0.15, 0.2) is 5.11 Å². The van der Waals surface area contributed by atoms with E-state index in [1.54, 1.807) is 6.20 Å². The Morgan fingerprint density at radius 1 is 1.03 bits per heavy atom. The Balaban J connectivity index is 1.62. The molecule has 1 aromatic heterocycles. The van der Waals surface area contributed by atoms with Gasteiger partial charge >= 0.3 is 0 Å². The minimum atomic E-state index is -1.61. The summed E-state index contributed by atoms with van der Waals surface area (Å²) in [5.74, 6) is 0. The number of thiocarbonyl (C=S) groups is 1. The lowest BCUT2D eigenvalue weighted by Gasteiger charge is -2.27. The van der Waals surface area contributed by atoms with Crippen LogP contribution < -0.4 is 16.0 Å². The van der Waals surface area contributed by atoms with E-state index in [9.17, 15) is 0 Å². The standard InChI is InChI=1S/C21H19Cl3N4S/c22-21(23,24)19(26-14-5-9-15-7-2-1-3-8-15)28-20(29)27-17-12-4-10-16-11-6-13-25-18(16)17/h1-13,19,26H,14H2,(H2,27,28,29)/b9-5+. The topological polar surface area (TPSA) is 49.0 Å². The summed E-state index contributed by atoms with van der Waals surface area (Å²) < 4.78 is -1.61. The second-order valence-electron chi connectivity index (χ2n) is 6.18. The van der Waals surface area contributed by atoms with Crippen molar-refractivity contribution in [1.29, 1.82) is 0 Å². The van der Waals surface area contributed by atoms with Gasteiger partial charge in [0.2, 0.25) is 3.79 Å². The van der Waals surface area contributed by atoms with Crippen molar-refractivity contribution in [1.82, 2.24) is 15.6 Å². The molecular formula is C21H19Cl3N4S. The maximum absolute atomic E-state index is 6.12. The molecule has 4 nitrogen and oxygen atoms in total. The monoisotopic (exact) mass is 464 g/mol. The zero-order chi connectivity index (χ0) is 20.7. The number of alkyl halides is 3. The number of nitrogens with one attached hydrogen (secondary N) is 3. The summed E-state index contributed by atoms with van der Waals surface area (Å²) in [6.45, 7) is 0.485. The van der Waals surface area contributed by atoms with Gasteiger partial charge in [-0.3, -0.25) is 10.3 Å². The summed E-state index contributed by atoms with van der Waals surface area (Å²) in [7, 11) is 0. The highest BCUT2D eigenvalue weighted by Gasteiger charge is 2.32. The molecule has 0 aliphatic rings. The first kappa shape index (κ1) is 21.8. The van der Waals surface area contributed by atoms with Crippen LogP contribution in [0.3, 0.4) is 0 Å². The number of halogens is 3. The van der Waals surface area contributed by atoms with Crippen LogP contribution in [0.4, 0.5) is 5.69 Å². The second-order valence-corrected chi connectivity index (χ2v) is 8.95. The lowest BCUT2D eigenvalue weighted by Crippen LogP contribution is -2.54. The van der Waals surface area contributed by atoms with Crippen molar-refractivity contribution in [2.24, 2.45) is 0 Å². The van der Waals surface area contributed by atoms with E-state index in [0.717, 1.165) is 22.2 Å². The van der Waals surface area contributed by atoms with Crippen LogP contribution in [0, 0.1) is 0 Å². The van der Waals surface area contributed by atoms with Crippen molar-refractivity contribution in [2.45, 2.75) is 9.96 Å². The molecule has 3 N–H and O–H groups in total. The van der Waals surface area contributed by atoms with E-state index in [2.05, 4.69) is 20.9 Å². The SMILES string of the molecule is S=C(Nc1cccc2cccnc12)NC(NC/C=C/c1ccccc1)C(Cl)(Cl)Cl. The van der Waals surface area contributed by atoms with Gasteiger partial charge in [-0.05, 0) is 29.9 Å². The average molecular weight is 466 g/mol. The second kappa shape index (κ2) is 10.2. The molecule has 0 spiro atoms. The first-order chi connectivity index (χ1) is 13.9. The van der Waals surface area contributed by atoms with E-state index in [0.29, 0.717) is 11.7 Å². The summed E-state index contributed by atoms with van der Waals surface area (Å²) in [6.07, 6.45) is 4.97. The number of rotatable bonds is 6. The molecule has 0 saturated carbocycles. The number of para-hydroxylation sites is 1. The van der Waals surface area contributed by atoms with Crippen molar-refractivity contribution in [3.8, 4) is 0 Å². The van der Waals surface area contributed by atoms with E-state index in [4.69, 9.17) is 47.0 Å². The fourth-order valence-corrected chi connectivity index (χ4v) is 3.31. The molecular weight excluding hydrogens is 447 g/mol. The van der Waals surface area contributed by atoms with Gasteiger partial charge in [-0.2, -0.15) is 0 Å².